The summed E-state index contributed by atoms with van der Waals surface area (Å²) in [5.74, 6) is -0.156. The van der Waals surface area contributed by atoms with Gasteiger partial charge in [-0.05, 0) is 0 Å². The Hall–Kier alpha value is -1.36. The van der Waals surface area contributed by atoms with Gasteiger partial charge >= 0.3 is 5.97 Å². The van der Waals surface area contributed by atoms with Crippen molar-refractivity contribution >= 4 is 12.2 Å². The van der Waals surface area contributed by atoms with E-state index in [1.165, 1.54) is 14.2 Å². The normalized spacial score (nSPS) is 15.2. The maximum Gasteiger partial charge on any atom is 0.309 e. The molecule has 0 aromatic carbocycles. The Balaban J connectivity index is 4.14. The number of nitrogens with zero attached hydrogens (tertiary/aromatic N) is 1. The number of hydrogen-bond acceptors (Lipinski definition) is 5. The van der Waals surface area contributed by atoms with E-state index in [1.807, 2.05) is 13.0 Å². The molecule has 0 radical (unpaired) electrons. The van der Waals surface area contributed by atoms with E-state index < -0.39 is 0 Å². The Labute approximate surface area is 96.1 Å². The van der Waals surface area contributed by atoms with Crippen molar-refractivity contribution in [3.05, 3.63) is 12.2 Å². The number of rotatable bonds is 7. The van der Waals surface area contributed by atoms with Crippen LogP contribution >= 0.6 is 0 Å². The molecule has 0 saturated heterocycles. The number of carbonyl (C=O) groups excluding carboxylic acids is 1. The van der Waals surface area contributed by atoms with Crippen LogP contribution in [0.4, 0.5) is 0 Å². The van der Waals surface area contributed by atoms with E-state index in [0.29, 0.717) is 0 Å². The van der Waals surface area contributed by atoms with Crippen LogP contribution in [0.25, 0.3) is 0 Å². The summed E-state index contributed by atoms with van der Waals surface area (Å²) in [5, 5.41) is 3.65. The van der Waals surface area contributed by atoms with Gasteiger partial charge < -0.3 is 14.3 Å². The number of esters is 1. The minimum Gasteiger partial charge on any atom is -0.469 e. The summed E-state index contributed by atoms with van der Waals surface area (Å²) in [6, 6.07) is 0. The monoisotopic (exact) mass is 229 g/mol. The first-order valence-electron chi connectivity index (χ1n) is 4.98. The second-order valence-electron chi connectivity index (χ2n) is 3.20. The number of ether oxygens (including phenoxy) is 2. The average molecular weight is 229 g/mol. The Morgan fingerprint density at radius 2 is 2.06 bits per heavy atom. The number of hydrogen-bond donors (Lipinski definition) is 0. The molecular weight excluding hydrogens is 210 g/mol. The first kappa shape index (κ1) is 14.6. The standard InChI is InChI=1S/C11H19NO4/c1-9(6-5-7-11(13)15-3)10(14-2)8-12-16-4/h5-6,8-10H,7H2,1-4H3/b6-5+,12-8+/t9-,10-/m1/s1. The molecule has 5 nitrogen and oxygen atoms in total. The van der Waals surface area contributed by atoms with E-state index >= 15 is 0 Å². The molecule has 92 valence electrons. The highest BCUT2D eigenvalue weighted by Crippen LogP contribution is 2.07. The Morgan fingerprint density at radius 1 is 1.38 bits per heavy atom. The van der Waals surface area contributed by atoms with Gasteiger partial charge in [-0.25, -0.2) is 0 Å². The minimum absolute atomic E-state index is 0.105. The largest absolute Gasteiger partial charge is 0.469 e. The molecule has 0 spiro atoms. The maximum atomic E-state index is 10.9. The Kier molecular flexibility index (Phi) is 8.15. The zero-order chi connectivity index (χ0) is 12.4. The Morgan fingerprint density at radius 3 is 2.56 bits per heavy atom. The van der Waals surface area contributed by atoms with Crippen LogP contribution in [0.3, 0.4) is 0 Å². The van der Waals surface area contributed by atoms with E-state index in [0.717, 1.165) is 0 Å². The van der Waals surface area contributed by atoms with Gasteiger partial charge in [0, 0.05) is 13.0 Å². The summed E-state index contributed by atoms with van der Waals surface area (Å²) in [5.41, 5.74) is 0. The van der Waals surface area contributed by atoms with Crippen LogP contribution in [0.5, 0.6) is 0 Å². The predicted molar refractivity (Wildman–Crippen MR) is 61.2 cm³/mol. The molecule has 0 aromatic rings. The van der Waals surface area contributed by atoms with Crippen LogP contribution < -0.4 is 0 Å². The second-order valence-corrected chi connectivity index (χ2v) is 3.20. The van der Waals surface area contributed by atoms with E-state index in [-0.39, 0.29) is 24.4 Å². The molecule has 0 aromatic heterocycles. The molecule has 0 amide bonds. The van der Waals surface area contributed by atoms with Crippen molar-refractivity contribution in [2.24, 2.45) is 11.1 Å². The second kappa shape index (κ2) is 8.91. The molecular formula is C11H19NO4. The van der Waals surface area contributed by atoms with Crippen molar-refractivity contribution in [2.75, 3.05) is 21.3 Å². The fraction of sp³-hybridized carbons (Fsp3) is 0.636. The number of methoxy groups -OCH3 is 2. The van der Waals surface area contributed by atoms with E-state index in [2.05, 4.69) is 14.7 Å². The highest BCUT2D eigenvalue weighted by molar-refractivity contribution is 5.71. The van der Waals surface area contributed by atoms with Crippen molar-refractivity contribution in [3.63, 3.8) is 0 Å². The maximum absolute atomic E-state index is 10.9. The minimum atomic E-state index is -0.261. The van der Waals surface area contributed by atoms with Crippen LogP contribution in [-0.2, 0) is 19.1 Å². The fourth-order valence-electron chi connectivity index (χ4n) is 1.10. The molecule has 0 aliphatic carbocycles. The van der Waals surface area contributed by atoms with Crippen molar-refractivity contribution in [1.82, 2.24) is 0 Å². The van der Waals surface area contributed by atoms with Crippen molar-refractivity contribution in [2.45, 2.75) is 19.4 Å². The van der Waals surface area contributed by atoms with E-state index in [4.69, 9.17) is 4.74 Å². The zero-order valence-electron chi connectivity index (χ0n) is 10.2. The van der Waals surface area contributed by atoms with Crippen LogP contribution in [0.1, 0.15) is 13.3 Å². The lowest BCUT2D eigenvalue weighted by Gasteiger charge is -2.14. The van der Waals surface area contributed by atoms with Gasteiger partial charge in [-0.1, -0.05) is 24.2 Å². The van der Waals surface area contributed by atoms with Crippen molar-refractivity contribution in [1.29, 1.82) is 0 Å². The fourth-order valence-corrected chi connectivity index (χ4v) is 1.10. The molecule has 0 aliphatic rings. The van der Waals surface area contributed by atoms with Crippen LogP contribution in [0, 0.1) is 5.92 Å². The highest BCUT2D eigenvalue weighted by Gasteiger charge is 2.11. The lowest BCUT2D eigenvalue weighted by molar-refractivity contribution is -0.139. The molecule has 0 heterocycles. The Bertz CT molecular complexity index is 250. The summed E-state index contributed by atoms with van der Waals surface area (Å²) in [6.45, 7) is 1.96. The predicted octanol–water partition coefficient (Wildman–Crippen LogP) is 1.39. The first-order valence-corrected chi connectivity index (χ1v) is 4.98. The van der Waals surface area contributed by atoms with Crippen LogP contribution in [0.15, 0.2) is 17.3 Å². The molecule has 0 saturated carbocycles. The summed E-state index contributed by atoms with van der Waals surface area (Å²) < 4.78 is 9.72. The zero-order valence-corrected chi connectivity index (χ0v) is 10.2. The molecule has 0 N–H and O–H groups in total. The average Bonchev–Trinajstić information content (AvgIpc) is 2.29. The molecule has 0 fully saturated rings. The van der Waals surface area contributed by atoms with Crippen LogP contribution in [-0.4, -0.2) is 39.6 Å². The summed E-state index contributed by atoms with van der Waals surface area (Å²) >= 11 is 0. The number of carbonyl (C=O) groups is 1. The number of oxime groups is 1. The van der Waals surface area contributed by atoms with E-state index in [1.54, 1.807) is 19.4 Å². The van der Waals surface area contributed by atoms with Gasteiger partial charge in [0.15, 0.2) is 0 Å². The highest BCUT2D eigenvalue weighted by atomic mass is 16.6. The molecule has 0 unspecified atom stereocenters. The van der Waals surface area contributed by atoms with Crippen molar-refractivity contribution < 1.29 is 19.1 Å². The van der Waals surface area contributed by atoms with Gasteiger partial charge in [-0.15, -0.1) is 0 Å². The lowest BCUT2D eigenvalue weighted by atomic mass is 10.0. The first-order chi connectivity index (χ1) is 7.65. The third-order valence-corrected chi connectivity index (χ3v) is 2.06. The van der Waals surface area contributed by atoms with Gasteiger partial charge in [-0.2, -0.15) is 0 Å². The lowest BCUT2D eigenvalue weighted by Crippen LogP contribution is -2.20. The topological polar surface area (TPSA) is 57.1 Å². The summed E-state index contributed by atoms with van der Waals surface area (Å²) in [6.07, 6.45) is 5.30. The van der Waals surface area contributed by atoms with Crippen molar-refractivity contribution in [3.8, 4) is 0 Å². The van der Waals surface area contributed by atoms with Gasteiger partial charge in [0.05, 0.1) is 19.7 Å². The quantitative estimate of drug-likeness (QED) is 0.286. The van der Waals surface area contributed by atoms with Gasteiger partial charge in [-0.3, -0.25) is 4.79 Å². The SMILES string of the molecule is CO/N=C/[C@@H](OC)[C@H](C)/C=C/CC(=O)OC. The van der Waals surface area contributed by atoms with Crippen LogP contribution in [0.2, 0.25) is 0 Å². The smallest absolute Gasteiger partial charge is 0.309 e. The molecule has 2 atom stereocenters. The van der Waals surface area contributed by atoms with Gasteiger partial charge in [0.25, 0.3) is 0 Å². The molecule has 0 aliphatic heterocycles. The summed E-state index contributed by atoms with van der Waals surface area (Å²) in [4.78, 5) is 15.4. The van der Waals surface area contributed by atoms with Gasteiger partial charge in [0.1, 0.15) is 13.2 Å². The molecule has 16 heavy (non-hydrogen) atoms. The third-order valence-electron chi connectivity index (χ3n) is 2.06. The summed E-state index contributed by atoms with van der Waals surface area (Å²) in [7, 11) is 4.43. The van der Waals surface area contributed by atoms with Gasteiger partial charge in [0.2, 0.25) is 0 Å². The molecule has 0 bridgehead atoms. The third kappa shape index (κ3) is 6.19. The molecule has 5 heteroatoms. The molecule has 0 rings (SSSR count). The van der Waals surface area contributed by atoms with E-state index in [9.17, 15) is 4.79 Å².